The fourth-order valence-electron chi connectivity index (χ4n) is 2.57. The largest absolute Gasteiger partial charge is 0.465 e. The number of nitrogens with one attached hydrogen (secondary N) is 1. The number of carbonyl (C=O) groups is 1. The molecule has 3 heteroatoms. The van der Waals surface area contributed by atoms with E-state index < -0.39 is 6.09 Å². The molecule has 0 radical (unpaired) electrons. The van der Waals surface area contributed by atoms with Gasteiger partial charge in [-0.1, -0.05) is 76.9 Å². The van der Waals surface area contributed by atoms with Crippen LogP contribution in [0, 0.1) is 0 Å². The molecule has 0 aliphatic heterocycles. The third-order valence-corrected chi connectivity index (χ3v) is 3.96. The fourth-order valence-corrected chi connectivity index (χ4v) is 2.57. The standard InChI is InChI=1S/C19H37NO2/c1-2-3-4-5-6-7-8-9-10-11-12-13-14-15-16-17-18-20-19(21)22/h9-10,20H,2-8,11-18H2,1H3,(H,21,22). The molecule has 0 bridgehead atoms. The highest BCUT2D eigenvalue weighted by Gasteiger charge is 1.94. The number of unbranched alkanes of at least 4 members (excludes halogenated alkanes) is 12. The summed E-state index contributed by atoms with van der Waals surface area (Å²) in [6.45, 7) is 2.86. The van der Waals surface area contributed by atoms with Crippen molar-refractivity contribution in [2.75, 3.05) is 6.54 Å². The first-order valence-corrected chi connectivity index (χ1v) is 9.39. The number of hydrogen-bond donors (Lipinski definition) is 2. The van der Waals surface area contributed by atoms with E-state index in [1.807, 2.05) is 0 Å². The number of carboxylic acid groups (broad SMARTS) is 1. The topological polar surface area (TPSA) is 49.3 Å². The molecule has 130 valence electrons. The monoisotopic (exact) mass is 311 g/mol. The predicted molar refractivity (Wildman–Crippen MR) is 95.5 cm³/mol. The van der Waals surface area contributed by atoms with E-state index in [0.29, 0.717) is 6.54 Å². The molecule has 1 amide bonds. The maximum atomic E-state index is 10.2. The molecule has 0 aromatic rings. The van der Waals surface area contributed by atoms with E-state index in [1.165, 1.54) is 77.0 Å². The van der Waals surface area contributed by atoms with Crippen molar-refractivity contribution >= 4 is 6.09 Å². The van der Waals surface area contributed by atoms with E-state index in [-0.39, 0.29) is 0 Å². The van der Waals surface area contributed by atoms with Crippen LogP contribution in [0.2, 0.25) is 0 Å². The van der Waals surface area contributed by atoms with Gasteiger partial charge >= 0.3 is 6.09 Å². The van der Waals surface area contributed by atoms with Crippen LogP contribution in [0.5, 0.6) is 0 Å². The fraction of sp³-hybridized carbons (Fsp3) is 0.842. The van der Waals surface area contributed by atoms with Crippen molar-refractivity contribution in [3.8, 4) is 0 Å². The van der Waals surface area contributed by atoms with Crippen LogP contribution in [-0.2, 0) is 0 Å². The van der Waals surface area contributed by atoms with E-state index in [4.69, 9.17) is 5.11 Å². The van der Waals surface area contributed by atoms with Gasteiger partial charge < -0.3 is 10.4 Å². The Hall–Kier alpha value is -0.990. The Morgan fingerprint density at radius 2 is 1.23 bits per heavy atom. The van der Waals surface area contributed by atoms with E-state index in [0.717, 1.165) is 12.8 Å². The highest BCUT2D eigenvalue weighted by molar-refractivity contribution is 5.64. The lowest BCUT2D eigenvalue weighted by atomic mass is 10.1. The Morgan fingerprint density at radius 3 is 1.73 bits per heavy atom. The van der Waals surface area contributed by atoms with Gasteiger partial charge in [-0.25, -0.2) is 4.79 Å². The molecule has 0 aromatic heterocycles. The van der Waals surface area contributed by atoms with Crippen LogP contribution in [0.15, 0.2) is 12.2 Å². The molecule has 0 unspecified atom stereocenters. The van der Waals surface area contributed by atoms with Gasteiger partial charge in [-0.05, 0) is 32.1 Å². The first-order chi connectivity index (χ1) is 10.8. The molecule has 0 saturated carbocycles. The lowest BCUT2D eigenvalue weighted by Gasteiger charge is -2.01. The van der Waals surface area contributed by atoms with Gasteiger partial charge in [0.15, 0.2) is 0 Å². The zero-order chi connectivity index (χ0) is 16.3. The van der Waals surface area contributed by atoms with Gasteiger partial charge in [-0.3, -0.25) is 0 Å². The van der Waals surface area contributed by atoms with Crippen LogP contribution in [0.4, 0.5) is 4.79 Å². The Morgan fingerprint density at radius 1 is 0.773 bits per heavy atom. The maximum Gasteiger partial charge on any atom is 0.404 e. The molecule has 0 saturated heterocycles. The molecule has 0 atom stereocenters. The number of hydrogen-bond acceptors (Lipinski definition) is 1. The second-order valence-electron chi connectivity index (χ2n) is 6.17. The van der Waals surface area contributed by atoms with E-state index in [1.54, 1.807) is 0 Å². The summed E-state index contributed by atoms with van der Waals surface area (Å²) in [7, 11) is 0. The average Bonchev–Trinajstić information content (AvgIpc) is 2.50. The van der Waals surface area contributed by atoms with Crippen LogP contribution >= 0.6 is 0 Å². The van der Waals surface area contributed by atoms with E-state index in [9.17, 15) is 4.79 Å². The normalized spacial score (nSPS) is 11.1. The zero-order valence-electron chi connectivity index (χ0n) is 14.6. The van der Waals surface area contributed by atoms with Gasteiger partial charge in [0.1, 0.15) is 0 Å². The van der Waals surface area contributed by atoms with Gasteiger partial charge in [0, 0.05) is 6.54 Å². The van der Waals surface area contributed by atoms with Gasteiger partial charge in [-0.2, -0.15) is 0 Å². The van der Waals surface area contributed by atoms with Crippen LogP contribution in [-0.4, -0.2) is 17.7 Å². The van der Waals surface area contributed by atoms with Crippen molar-refractivity contribution in [1.29, 1.82) is 0 Å². The third-order valence-electron chi connectivity index (χ3n) is 3.96. The maximum absolute atomic E-state index is 10.2. The van der Waals surface area contributed by atoms with Crippen LogP contribution in [0.25, 0.3) is 0 Å². The Kier molecular flexibility index (Phi) is 17.2. The Labute approximate surface area is 137 Å². The quantitative estimate of drug-likeness (QED) is 0.260. The third kappa shape index (κ3) is 19.0. The Balaban J connectivity index is 3.06. The molecule has 3 nitrogen and oxygen atoms in total. The minimum absolute atomic E-state index is 0.594. The molecule has 0 heterocycles. The van der Waals surface area contributed by atoms with Crippen molar-refractivity contribution in [3.05, 3.63) is 12.2 Å². The van der Waals surface area contributed by atoms with Gasteiger partial charge in [0.2, 0.25) is 0 Å². The molecular formula is C19H37NO2. The minimum atomic E-state index is -0.909. The van der Waals surface area contributed by atoms with E-state index >= 15 is 0 Å². The lowest BCUT2D eigenvalue weighted by Crippen LogP contribution is -2.21. The molecule has 0 fully saturated rings. The van der Waals surface area contributed by atoms with Crippen LogP contribution in [0.1, 0.15) is 96.8 Å². The van der Waals surface area contributed by atoms with Crippen LogP contribution in [0.3, 0.4) is 0 Å². The van der Waals surface area contributed by atoms with Gasteiger partial charge in [0.05, 0.1) is 0 Å². The van der Waals surface area contributed by atoms with Gasteiger partial charge in [0.25, 0.3) is 0 Å². The second-order valence-corrected chi connectivity index (χ2v) is 6.17. The SMILES string of the molecule is CCCCCCCCC=CCCCCCCCCNC(=O)O. The van der Waals surface area contributed by atoms with Gasteiger partial charge in [-0.15, -0.1) is 0 Å². The predicted octanol–water partition coefficient (Wildman–Crippen LogP) is 6.29. The minimum Gasteiger partial charge on any atom is -0.465 e. The van der Waals surface area contributed by atoms with Crippen molar-refractivity contribution < 1.29 is 9.90 Å². The lowest BCUT2D eigenvalue weighted by molar-refractivity contribution is 0.194. The van der Waals surface area contributed by atoms with Crippen molar-refractivity contribution in [1.82, 2.24) is 5.32 Å². The van der Waals surface area contributed by atoms with Crippen molar-refractivity contribution in [2.45, 2.75) is 96.8 Å². The summed E-state index contributed by atoms with van der Waals surface area (Å²) < 4.78 is 0. The summed E-state index contributed by atoms with van der Waals surface area (Å²) in [5, 5.41) is 10.8. The highest BCUT2D eigenvalue weighted by Crippen LogP contribution is 2.09. The first-order valence-electron chi connectivity index (χ1n) is 9.39. The van der Waals surface area contributed by atoms with Crippen LogP contribution < -0.4 is 5.32 Å². The Bertz CT molecular complexity index is 264. The average molecular weight is 312 g/mol. The molecule has 0 rings (SSSR count). The molecule has 0 spiro atoms. The highest BCUT2D eigenvalue weighted by atomic mass is 16.4. The summed E-state index contributed by atoms with van der Waals surface area (Å²) in [5.41, 5.74) is 0. The molecule has 0 aliphatic carbocycles. The molecule has 0 aliphatic rings. The summed E-state index contributed by atoms with van der Waals surface area (Å²) in [4.78, 5) is 10.2. The molecule has 0 aromatic carbocycles. The summed E-state index contributed by atoms with van der Waals surface area (Å²) >= 11 is 0. The second kappa shape index (κ2) is 18.1. The number of allylic oxidation sites excluding steroid dienone is 2. The van der Waals surface area contributed by atoms with Crippen molar-refractivity contribution in [2.24, 2.45) is 0 Å². The summed E-state index contributed by atoms with van der Waals surface area (Å²) in [6.07, 6.45) is 21.7. The first kappa shape index (κ1) is 21.0. The molecule has 2 N–H and O–H groups in total. The molecule has 22 heavy (non-hydrogen) atoms. The number of amides is 1. The summed E-state index contributed by atoms with van der Waals surface area (Å²) in [6, 6.07) is 0. The zero-order valence-corrected chi connectivity index (χ0v) is 14.6. The van der Waals surface area contributed by atoms with E-state index in [2.05, 4.69) is 24.4 Å². The molecular weight excluding hydrogens is 274 g/mol. The smallest absolute Gasteiger partial charge is 0.404 e. The summed E-state index contributed by atoms with van der Waals surface area (Å²) in [5.74, 6) is 0. The van der Waals surface area contributed by atoms with Crippen molar-refractivity contribution in [3.63, 3.8) is 0 Å². The number of rotatable bonds is 16.